The molecule has 0 saturated carbocycles. The Labute approximate surface area is 128 Å². The van der Waals surface area contributed by atoms with Crippen LogP contribution in [0.5, 0.6) is 0 Å². The van der Waals surface area contributed by atoms with Crippen LogP contribution in [0.3, 0.4) is 0 Å². The number of rotatable bonds is 7. The van der Waals surface area contributed by atoms with Crippen molar-refractivity contribution in [1.82, 2.24) is 10.6 Å². The van der Waals surface area contributed by atoms with Crippen LogP contribution < -0.4 is 10.6 Å². The zero-order chi connectivity index (χ0) is 15.0. The first-order chi connectivity index (χ1) is 10.3. The Kier molecular flexibility index (Phi) is 6.24. The maximum Gasteiger partial charge on any atom is 0.220 e. The van der Waals surface area contributed by atoms with Crippen molar-refractivity contribution in [2.75, 3.05) is 13.1 Å². The fourth-order valence-corrected chi connectivity index (χ4v) is 3.14. The summed E-state index contributed by atoms with van der Waals surface area (Å²) in [6.45, 7) is 4.12. The highest BCUT2D eigenvalue weighted by Gasteiger charge is 2.34. The predicted molar refractivity (Wildman–Crippen MR) is 87.1 cm³/mol. The summed E-state index contributed by atoms with van der Waals surface area (Å²) >= 11 is 0. The normalized spacial score (nSPS) is 17.4. The molecule has 0 radical (unpaired) electrons. The van der Waals surface area contributed by atoms with Crippen LogP contribution in [0.4, 0.5) is 0 Å². The predicted octanol–water partition coefficient (Wildman–Crippen LogP) is 3.35. The maximum atomic E-state index is 12.3. The summed E-state index contributed by atoms with van der Waals surface area (Å²) in [5.41, 5.74) is 1.07. The standard InChI is InChI=1S/C18H28N2O/c1-2-3-4-8-11-17(21)20-18(12-14-19-15-13-18)16-9-6-5-7-10-16/h5-7,9-10,19H,2-4,8,11-15H2,1H3,(H,20,21). The third-order valence-corrected chi connectivity index (χ3v) is 4.42. The molecule has 1 fully saturated rings. The third kappa shape index (κ3) is 4.57. The molecule has 1 heterocycles. The van der Waals surface area contributed by atoms with Gasteiger partial charge in [-0.25, -0.2) is 0 Å². The lowest BCUT2D eigenvalue weighted by Crippen LogP contribution is -2.52. The van der Waals surface area contributed by atoms with Gasteiger partial charge in [-0.1, -0.05) is 56.5 Å². The van der Waals surface area contributed by atoms with Crippen molar-refractivity contribution in [3.63, 3.8) is 0 Å². The van der Waals surface area contributed by atoms with Gasteiger partial charge in [0.05, 0.1) is 5.54 Å². The number of carbonyl (C=O) groups is 1. The van der Waals surface area contributed by atoms with Crippen LogP contribution in [0.15, 0.2) is 30.3 Å². The van der Waals surface area contributed by atoms with Crippen molar-refractivity contribution < 1.29 is 4.79 Å². The molecule has 0 aromatic heterocycles. The van der Waals surface area contributed by atoms with Gasteiger partial charge in [0.2, 0.25) is 5.91 Å². The molecule has 1 saturated heterocycles. The molecular weight excluding hydrogens is 260 g/mol. The van der Waals surface area contributed by atoms with E-state index >= 15 is 0 Å². The Bertz CT molecular complexity index is 424. The summed E-state index contributed by atoms with van der Waals surface area (Å²) in [6.07, 6.45) is 7.19. The van der Waals surface area contributed by atoms with Crippen molar-refractivity contribution in [2.24, 2.45) is 0 Å². The van der Waals surface area contributed by atoms with E-state index in [4.69, 9.17) is 0 Å². The number of nitrogens with one attached hydrogen (secondary N) is 2. The van der Waals surface area contributed by atoms with Crippen LogP contribution in [0.1, 0.15) is 57.4 Å². The van der Waals surface area contributed by atoms with Gasteiger partial charge in [-0.15, -0.1) is 0 Å². The SMILES string of the molecule is CCCCCCC(=O)NC1(c2ccccc2)CCNCC1. The van der Waals surface area contributed by atoms with E-state index in [0.717, 1.165) is 38.8 Å². The number of amides is 1. The number of hydrogen-bond donors (Lipinski definition) is 2. The second-order valence-electron chi connectivity index (χ2n) is 6.06. The summed E-state index contributed by atoms with van der Waals surface area (Å²) in [7, 11) is 0. The number of hydrogen-bond acceptors (Lipinski definition) is 2. The molecule has 1 aromatic rings. The number of carbonyl (C=O) groups excluding carboxylic acids is 1. The highest BCUT2D eigenvalue weighted by atomic mass is 16.1. The second kappa shape index (κ2) is 8.18. The molecule has 3 nitrogen and oxygen atoms in total. The van der Waals surface area contributed by atoms with E-state index in [1.54, 1.807) is 0 Å². The fraction of sp³-hybridized carbons (Fsp3) is 0.611. The minimum Gasteiger partial charge on any atom is -0.346 e. The lowest BCUT2D eigenvalue weighted by molar-refractivity contribution is -0.123. The van der Waals surface area contributed by atoms with Crippen LogP contribution >= 0.6 is 0 Å². The van der Waals surface area contributed by atoms with Crippen molar-refractivity contribution >= 4 is 5.91 Å². The van der Waals surface area contributed by atoms with E-state index in [1.807, 2.05) is 6.07 Å². The van der Waals surface area contributed by atoms with Crippen LogP contribution in [0, 0.1) is 0 Å². The minimum absolute atomic E-state index is 0.172. The molecule has 0 atom stereocenters. The highest BCUT2D eigenvalue weighted by molar-refractivity contribution is 5.77. The molecule has 0 unspecified atom stereocenters. The van der Waals surface area contributed by atoms with Gasteiger partial charge in [-0.05, 0) is 37.9 Å². The number of piperidine rings is 1. The Morgan fingerprint density at radius 2 is 1.86 bits per heavy atom. The van der Waals surface area contributed by atoms with Crippen LogP contribution in [-0.4, -0.2) is 19.0 Å². The first-order valence-electron chi connectivity index (χ1n) is 8.34. The van der Waals surface area contributed by atoms with Crippen LogP contribution in [-0.2, 0) is 10.3 Å². The molecule has 0 spiro atoms. The summed E-state index contributed by atoms with van der Waals surface area (Å²) in [5, 5.41) is 6.74. The fourth-order valence-electron chi connectivity index (χ4n) is 3.14. The van der Waals surface area contributed by atoms with Gasteiger partial charge in [0.15, 0.2) is 0 Å². The lowest BCUT2D eigenvalue weighted by atomic mass is 9.81. The Morgan fingerprint density at radius 3 is 2.52 bits per heavy atom. The highest BCUT2D eigenvalue weighted by Crippen LogP contribution is 2.30. The molecule has 1 amide bonds. The van der Waals surface area contributed by atoms with Crippen LogP contribution in [0.2, 0.25) is 0 Å². The Balaban J connectivity index is 1.98. The van der Waals surface area contributed by atoms with Gasteiger partial charge in [0.25, 0.3) is 0 Å². The van der Waals surface area contributed by atoms with Gasteiger partial charge < -0.3 is 10.6 Å². The van der Waals surface area contributed by atoms with Crippen LogP contribution in [0.25, 0.3) is 0 Å². The second-order valence-corrected chi connectivity index (χ2v) is 6.06. The van der Waals surface area contributed by atoms with E-state index in [9.17, 15) is 4.79 Å². The molecule has 1 aliphatic heterocycles. The zero-order valence-corrected chi connectivity index (χ0v) is 13.2. The van der Waals surface area contributed by atoms with Crippen molar-refractivity contribution in [2.45, 2.75) is 57.4 Å². The van der Waals surface area contributed by atoms with Crippen molar-refractivity contribution in [1.29, 1.82) is 0 Å². The number of benzene rings is 1. The molecule has 1 aromatic carbocycles. The molecule has 0 aliphatic carbocycles. The molecule has 0 bridgehead atoms. The lowest BCUT2D eigenvalue weighted by Gasteiger charge is -2.39. The molecular formula is C18H28N2O. The molecule has 1 aliphatic rings. The topological polar surface area (TPSA) is 41.1 Å². The average molecular weight is 288 g/mol. The van der Waals surface area contributed by atoms with Gasteiger partial charge in [0, 0.05) is 6.42 Å². The zero-order valence-electron chi connectivity index (χ0n) is 13.2. The molecule has 21 heavy (non-hydrogen) atoms. The van der Waals surface area contributed by atoms with E-state index in [-0.39, 0.29) is 11.4 Å². The molecule has 116 valence electrons. The van der Waals surface area contributed by atoms with E-state index in [2.05, 4.69) is 41.8 Å². The van der Waals surface area contributed by atoms with Gasteiger partial charge in [-0.2, -0.15) is 0 Å². The first-order valence-corrected chi connectivity index (χ1v) is 8.34. The number of unbranched alkanes of at least 4 members (excludes halogenated alkanes) is 3. The quantitative estimate of drug-likeness (QED) is 0.755. The smallest absolute Gasteiger partial charge is 0.220 e. The maximum absolute atomic E-state index is 12.3. The average Bonchev–Trinajstić information content (AvgIpc) is 2.53. The van der Waals surface area contributed by atoms with Crippen molar-refractivity contribution in [3.05, 3.63) is 35.9 Å². The Morgan fingerprint density at radius 1 is 1.14 bits per heavy atom. The third-order valence-electron chi connectivity index (χ3n) is 4.42. The van der Waals surface area contributed by atoms with E-state index in [0.29, 0.717) is 6.42 Å². The largest absolute Gasteiger partial charge is 0.346 e. The van der Waals surface area contributed by atoms with Gasteiger partial charge in [-0.3, -0.25) is 4.79 Å². The van der Waals surface area contributed by atoms with Gasteiger partial charge >= 0.3 is 0 Å². The van der Waals surface area contributed by atoms with E-state index < -0.39 is 0 Å². The molecule has 3 heteroatoms. The van der Waals surface area contributed by atoms with Gasteiger partial charge in [0.1, 0.15) is 0 Å². The molecule has 2 rings (SSSR count). The summed E-state index contributed by atoms with van der Waals surface area (Å²) in [4.78, 5) is 12.3. The van der Waals surface area contributed by atoms with Crippen molar-refractivity contribution in [3.8, 4) is 0 Å². The first kappa shape index (κ1) is 16.0. The van der Waals surface area contributed by atoms with E-state index in [1.165, 1.54) is 18.4 Å². The summed E-state index contributed by atoms with van der Waals surface area (Å²) in [5.74, 6) is 0.205. The summed E-state index contributed by atoms with van der Waals surface area (Å²) < 4.78 is 0. The monoisotopic (exact) mass is 288 g/mol. The minimum atomic E-state index is -0.172. The Hall–Kier alpha value is -1.35. The molecule has 2 N–H and O–H groups in total. The summed E-state index contributed by atoms with van der Waals surface area (Å²) in [6, 6.07) is 10.4.